The molecule has 0 aromatic heterocycles. The van der Waals surface area contributed by atoms with Gasteiger partial charge in [-0.1, -0.05) is 30.3 Å². The number of rotatable bonds is 7. The van der Waals surface area contributed by atoms with E-state index in [-0.39, 0.29) is 6.10 Å². The van der Waals surface area contributed by atoms with E-state index in [2.05, 4.69) is 40.5 Å². The van der Waals surface area contributed by atoms with Crippen LogP contribution in [-0.2, 0) is 0 Å². The Morgan fingerprint density at radius 2 is 1.81 bits per heavy atom. The van der Waals surface area contributed by atoms with Crippen molar-refractivity contribution in [2.45, 2.75) is 44.2 Å². The van der Waals surface area contributed by atoms with Crippen molar-refractivity contribution in [2.24, 2.45) is 5.92 Å². The van der Waals surface area contributed by atoms with Crippen LogP contribution in [0.4, 0.5) is 0 Å². The molecule has 1 unspecified atom stereocenters. The molecule has 1 saturated heterocycles. The number of hydrogen-bond donors (Lipinski definition) is 2. The highest BCUT2D eigenvalue weighted by Gasteiger charge is 2.31. The second-order valence-corrected chi connectivity index (χ2v) is 6.61. The summed E-state index contributed by atoms with van der Waals surface area (Å²) >= 11 is 0. The van der Waals surface area contributed by atoms with Gasteiger partial charge in [0.25, 0.3) is 0 Å². The Kier molecular flexibility index (Phi) is 5.28. The van der Waals surface area contributed by atoms with Crippen molar-refractivity contribution in [3.8, 4) is 0 Å². The molecule has 1 atom stereocenters. The third kappa shape index (κ3) is 4.53. The number of aliphatic hydroxyl groups excluding tert-OH is 1. The summed E-state index contributed by atoms with van der Waals surface area (Å²) in [5.74, 6) is 0.845. The van der Waals surface area contributed by atoms with Gasteiger partial charge in [-0.05, 0) is 56.7 Å². The van der Waals surface area contributed by atoms with Crippen LogP contribution in [0.3, 0.4) is 0 Å². The van der Waals surface area contributed by atoms with E-state index in [1.165, 1.54) is 24.8 Å². The molecule has 116 valence electrons. The maximum absolute atomic E-state index is 9.53. The first kappa shape index (κ1) is 15.0. The van der Waals surface area contributed by atoms with Crippen molar-refractivity contribution in [3.63, 3.8) is 0 Å². The number of nitrogens with one attached hydrogen (secondary N) is 1. The predicted octanol–water partition coefficient (Wildman–Crippen LogP) is 2.57. The average molecular weight is 288 g/mol. The number of hydrogen-bond acceptors (Lipinski definition) is 3. The molecular weight excluding hydrogens is 260 g/mol. The van der Waals surface area contributed by atoms with Gasteiger partial charge >= 0.3 is 0 Å². The van der Waals surface area contributed by atoms with Crippen molar-refractivity contribution in [2.75, 3.05) is 26.2 Å². The Hall–Kier alpha value is -0.900. The first-order valence-electron chi connectivity index (χ1n) is 8.51. The van der Waals surface area contributed by atoms with E-state index in [0.717, 1.165) is 44.9 Å². The van der Waals surface area contributed by atoms with E-state index in [0.29, 0.717) is 6.04 Å². The van der Waals surface area contributed by atoms with Gasteiger partial charge in [-0.3, -0.25) is 0 Å². The monoisotopic (exact) mass is 288 g/mol. The van der Waals surface area contributed by atoms with Crippen molar-refractivity contribution < 1.29 is 5.11 Å². The maximum Gasteiger partial charge on any atom is 0.0564 e. The summed E-state index contributed by atoms with van der Waals surface area (Å²) in [5, 5.41) is 13.3. The molecule has 0 amide bonds. The van der Waals surface area contributed by atoms with Crippen LogP contribution in [0.15, 0.2) is 30.3 Å². The van der Waals surface area contributed by atoms with Crippen LogP contribution >= 0.6 is 0 Å². The molecule has 21 heavy (non-hydrogen) atoms. The second kappa shape index (κ2) is 7.39. The lowest BCUT2D eigenvalue weighted by atomic mass is 10.0. The van der Waals surface area contributed by atoms with Gasteiger partial charge in [-0.25, -0.2) is 0 Å². The van der Waals surface area contributed by atoms with Crippen molar-refractivity contribution >= 4 is 0 Å². The van der Waals surface area contributed by atoms with Gasteiger partial charge in [-0.2, -0.15) is 0 Å². The zero-order valence-electron chi connectivity index (χ0n) is 12.9. The van der Waals surface area contributed by atoms with E-state index in [4.69, 9.17) is 0 Å². The topological polar surface area (TPSA) is 35.5 Å². The average Bonchev–Trinajstić information content (AvgIpc) is 3.35. The van der Waals surface area contributed by atoms with Crippen molar-refractivity contribution in [3.05, 3.63) is 35.9 Å². The molecule has 0 spiro atoms. The van der Waals surface area contributed by atoms with Gasteiger partial charge < -0.3 is 15.3 Å². The maximum atomic E-state index is 9.53. The minimum absolute atomic E-state index is 0.0586. The third-order valence-electron chi connectivity index (χ3n) is 4.82. The van der Waals surface area contributed by atoms with E-state index in [9.17, 15) is 5.11 Å². The molecule has 0 bridgehead atoms. The van der Waals surface area contributed by atoms with Gasteiger partial charge in [-0.15, -0.1) is 0 Å². The van der Waals surface area contributed by atoms with Gasteiger partial charge in [0.2, 0.25) is 0 Å². The van der Waals surface area contributed by atoms with Gasteiger partial charge in [0.1, 0.15) is 0 Å². The molecule has 1 saturated carbocycles. The van der Waals surface area contributed by atoms with E-state index in [1.807, 2.05) is 0 Å². The van der Waals surface area contributed by atoms with Crippen molar-refractivity contribution in [1.29, 1.82) is 0 Å². The second-order valence-electron chi connectivity index (χ2n) is 6.61. The fourth-order valence-electron chi connectivity index (χ4n) is 3.35. The Balaban J connectivity index is 1.39. The molecule has 0 radical (unpaired) electrons. The highest BCUT2D eigenvalue weighted by molar-refractivity contribution is 5.21. The largest absolute Gasteiger partial charge is 0.393 e. The normalized spacial score (nSPS) is 22.3. The molecule has 1 aromatic carbocycles. The summed E-state index contributed by atoms with van der Waals surface area (Å²) in [5.41, 5.74) is 1.45. The molecule has 3 heteroatoms. The summed E-state index contributed by atoms with van der Waals surface area (Å²) in [6.07, 6.45) is 5.78. The van der Waals surface area contributed by atoms with E-state index < -0.39 is 0 Å². The smallest absolute Gasteiger partial charge is 0.0564 e. The lowest BCUT2D eigenvalue weighted by Crippen LogP contribution is -2.37. The number of benzene rings is 1. The number of nitrogens with zero attached hydrogens (tertiary/aromatic N) is 1. The lowest BCUT2D eigenvalue weighted by Gasteiger charge is -2.29. The molecule has 1 heterocycles. The van der Waals surface area contributed by atoms with E-state index >= 15 is 0 Å². The minimum atomic E-state index is -0.0586. The molecule has 1 aliphatic carbocycles. The number of piperidine rings is 1. The summed E-state index contributed by atoms with van der Waals surface area (Å²) in [6.45, 7) is 4.37. The molecule has 1 aliphatic heterocycles. The Morgan fingerprint density at radius 3 is 2.48 bits per heavy atom. The Labute approximate surface area is 128 Å². The fraction of sp³-hybridized carbons (Fsp3) is 0.667. The molecule has 2 fully saturated rings. The number of likely N-dealkylation sites (tertiary alicyclic amines) is 1. The summed E-state index contributed by atoms with van der Waals surface area (Å²) in [6, 6.07) is 11.4. The van der Waals surface area contributed by atoms with Crippen LogP contribution in [0, 0.1) is 5.92 Å². The predicted molar refractivity (Wildman–Crippen MR) is 86.2 cm³/mol. The zero-order chi connectivity index (χ0) is 14.5. The highest BCUT2D eigenvalue weighted by Crippen LogP contribution is 2.40. The van der Waals surface area contributed by atoms with E-state index in [1.54, 1.807) is 0 Å². The Morgan fingerprint density at radius 1 is 1.10 bits per heavy atom. The molecular formula is C18H28N2O. The highest BCUT2D eigenvalue weighted by atomic mass is 16.3. The van der Waals surface area contributed by atoms with Crippen LogP contribution in [0.25, 0.3) is 0 Å². The molecule has 3 nitrogen and oxygen atoms in total. The van der Waals surface area contributed by atoms with Crippen LogP contribution < -0.4 is 5.32 Å². The van der Waals surface area contributed by atoms with Crippen LogP contribution in [0.2, 0.25) is 0 Å². The first-order chi connectivity index (χ1) is 10.3. The SMILES string of the molecule is OC1CCN(CCCNC(c2ccccc2)C2CC2)CC1. The lowest BCUT2D eigenvalue weighted by molar-refractivity contribution is 0.0820. The molecule has 2 aliphatic rings. The first-order valence-corrected chi connectivity index (χ1v) is 8.51. The van der Waals surface area contributed by atoms with Crippen molar-refractivity contribution in [1.82, 2.24) is 10.2 Å². The molecule has 2 N–H and O–H groups in total. The quantitative estimate of drug-likeness (QED) is 0.757. The fourth-order valence-corrected chi connectivity index (χ4v) is 3.35. The van der Waals surface area contributed by atoms with Crippen LogP contribution in [0.1, 0.15) is 43.7 Å². The zero-order valence-corrected chi connectivity index (χ0v) is 12.9. The van der Waals surface area contributed by atoms with Gasteiger partial charge in [0, 0.05) is 19.1 Å². The van der Waals surface area contributed by atoms with Gasteiger partial charge in [0.05, 0.1) is 6.10 Å². The number of aliphatic hydroxyl groups is 1. The summed E-state index contributed by atoms with van der Waals surface area (Å²) in [4.78, 5) is 2.49. The van der Waals surface area contributed by atoms with Crippen LogP contribution in [-0.4, -0.2) is 42.3 Å². The molecule has 3 rings (SSSR count). The summed E-state index contributed by atoms with van der Waals surface area (Å²) < 4.78 is 0. The standard InChI is InChI=1S/C18H28N2O/c21-17-9-13-20(14-10-17)12-4-11-19-18(16-7-8-16)15-5-2-1-3-6-15/h1-3,5-6,16-19,21H,4,7-14H2. The Bertz CT molecular complexity index is 410. The van der Waals surface area contributed by atoms with Crippen LogP contribution in [0.5, 0.6) is 0 Å². The van der Waals surface area contributed by atoms with Gasteiger partial charge in [0.15, 0.2) is 0 Å². The minimum Gasteiger partial charge on any atom is -0.393 e. The third-order valence-corrected chi connectivity index (χ3v) is 4.82. The summed E-state index contributed by atoms with van der Waals surface area (Å²) in [7, 11) is 0. The molecule has 1 aromatic rings.